The van der Waals surface area contributed by atoms with Gasteiger partial charge in [0.15, 0.2) is 0 Å². The van der Waals surface area contributed by atoms with Crippen LogP contribution in [0, 0.1) is 0 Å². The lowest BCUT2D eigenvalue weighted by atomic mass is 10.1. The van der Waals surface area contributed by atoms with Crippen LogP contribution in [-0.2, 0) is 4.79 Å². The lowest BCUT2D eigenvalue weighted by molar-refractivity contribution is -0.117. The summed E-state index contributed by atoms with van der Waals surface area (Å²) in [7, 11) is 0. The van der Waals surface area contributed by atoms with Crippen LogP contribution in [0.2, 0.25) is 0 Å². The van der Waals surface area contributed by atoms with E-state index in [9.17, 15) is 9.59 Å². The Bertz CT molecular complexity index is 674. The van der Waals surface area contributed by atoms with Crippen molar-refractivity contribution in [3.05, 3.63) is 54.6 Å². The first-order valence-corrected chi connectivity index (χ1v) is 9.01. The third kappa shape index (κ3) is 5.31. The van der Waals surface area contributed by atoms with Gasteiger partial charge in [-0.15, -0.1) is 0 Å². The Morgan fingerprint density at radius 3 is 2.25 bits per heavy atom. The molecule has 3 amide bonds. The molecule has 126 valence electrons. The smallest absolute Gasteiger partial charge is 0.312 e. The third-order valence-electron chi connectivity index (χ3n) is 3.50. The maximum atomic E-state index is 12.3. The summed E-state index contributed by atoms with van der Waals surface area (Å²) in [4.78, 5) is 23.4. The van der Waals surface area contributed by atoms with Crippen molar-refractivity contribution in [3.63, 3.8) is 0 Å². The maximum absolute atomic E-state index is 12.3. The minimum absolute atomic E-state index is 0.268. The first-order chi connectivity index (χ1) is 11.6. The van der Waals surface area contributed by atoms with Crippen LogP contribution in [-0.4, -0.2) is 30.0 Å². The first-order valence-electron chi connectivity index (χ1n) is 7.61. The number of thioether (sulfide) groups is 1. The predicted octanol–water partition coefficient (Wildman–Crippen LogP) is 3.08. The highest BCUT2D eigenvalue weighted by Gasteiger charge is 2.19. The highest BCUT2D eigenvalue weighted by Crippen LogP contribution is 2.21. The molecule has 0 radical (unpaired) electrons. The molecule has 0 saturated carbocycles. The summed E-state index contributed by atoms with van der Waals surface area (Å²) >= 11 is 1.61. The van der Waals surface area contributed by atoms with Crippen molar-refractivity contribution < 1.29 is 9.59 Å². The van der Waals surface area contributed by atoms with Crippen LogP contribution in [0.3, 0.4) is 0 Å². The summed E-state index contributed by atoms with van der Waals surface area (Å²) in [6.45, 7) is 0. The highest BCUT2D eigenvalue weighted by atomic mass is 32.2. The summed E-state index contributed by atoms with van der Waals surface area (Å²) < 4.78 is 0. The van der Waals surface area contributed by atoms with E-state index in [2.05, 4.69) is 10.6 Å². The van der Waals surface area contributed by atoms with Crippen LogP contribution in [0.1, 0.15) is 6.42 Å². The van der Waals surface area contributed by atoms with Gasteiger partial charge < -0.3 is 16.4 Å². The number of amides is 3. The van der Waals surface area contributed by atoms with Gasteiger partial charge in [0.1, 0.15) is 6.04 Å². The monoisotopic (exact) mass is 343 g/mol. The van der Waals surface area contributed by atoms with Gasteiger partial charge in [-0.3, -0.25) is 4.79 Å². The average molecular weight is 343 g/mol. The second-order valence-electron chi connectivity index (χ2n) is 5.28. The van der Waals surface area contributed by atoms with Gasteiger partial charge in [-0.05, 0) is 41.7 Å². The maximum Gasteiger partial charge on any atom is 0.312 e. The van der Waals surface area contributed by atoms with Crippen molar-refractivity contribution in [2.75, 3.05) is 17.3 Å². The summed E-state index contributed by atoms with van der Waals surface area (Å²) in [5.74, 6) is 0.487. The molecule has 0 bridgehead atoms. The van der Waals surface area contributed by atoms with Crippen molar-refractivity contribution in [1.29, 1.82) is 0 Å². The third-order valence-corrected chi connectivity index (χ3v) is 4.15. The van der Waals surface area contributed by atoms with Crippen molar-refractivity contribution in [3.8, 4) is 11.1 Å². The van der Waals surface area contributed by atoms with Crippen LogP contribution < -0.4 is 16.4 Å². The fraction of sp³-hybridized carbons (Fsp3) is 0.222. The van der Waals surface area contributed by atoms with Gasteiger partial charge in [0.05, 0.1) is 0 Å². The van der Waals surface area contributed by atoms with Gasteiger partial charge >= 0.3 is 6.03 Å². The van der Waals surface area contributed by atoms with Gasteiger partial charge in [0, 0.05) is 5.69 Å². The molecular formula is C18H21N3O2S. The number of urea groups is 1. The molecule has 0 saturated heterocycles. The Morgan fingerprint density at radius 2 is 1.67 bits per heavy atom. The van der Waals surface area contributed by atoms with E-state index in [0.717, 1.165) is 16.9 Å². The van der Waals surface area contributed by atoms with Crippen molar-refractivity contribution >= 4 is 29.4 Å². The molecule has 6 heteroatoms. The molecule has 2 aromatic carbocycles. The number of primary amides is 1. The molecule has 0 unspecified atom stereocenters. The molecule has 0 aliphatic carbocycles. The number of nitrogens with two attached hydrogens (primary N) is 1. The minimum atomic E-state index is -0.698. The van der Waals surface area contributed by atoms with E-state index in [0.29, 0.717) is 12.1 Å². The first kappa shape index (κ1) is 17.9. The van der Waals surface area contributed by atoms with E-state index in [1.54, 1.807) is 11.8 Å². The number of carbonyl (C=O) groups excluding carboxylic acids is 2. The van der Waals surface area contributed by atoms with Gasteiger partial charge in [0.2, 0.25) is 5.91 Å². The standard InChI is InChI=1S/C18H21N3O2S/c1-24-12-11-16(21-18(19)23)17(22)20-15-9-7-14(8-10-15)13-5-3-2-4-6-13/h2-10,16H,11-12H2,1H3,(H,20,22)(H3,19,21,23)/t16-/m1/s1. The van der Waals surface area contributed by atoms with Gasteiger partial charge in [0.25, 0.3) is 0 Å². The number of rotatable bonds is 7. The molecule has 24 heavy (non-hydrogen) atoms. The largest absolute Gasteiger partial charge is 0.352 e. The molecule has 0 heterocycles. The van der Waals surface area contributed by atoms with Crippen molar-refractivity contribution in [1.82, 2.24) is 5.32 Å². The van der Waals surface area contributed by atoms with E-state index in [-0.39, 0.29) is 5.91 Å². The summed E-state index contributed by atoms with van der Waals surface area (Å²) in [6.07, 6.45) is 2.47. The number of nitrogens with one attached hydrogen (secondary N) is 2. The topological polar surface area (TPSA) is 84.2 Å². The number of hydrogen-bond acceptors (Lipinski definition) is 3. The molecule has 0 spiro atoms. The molecular weight excluding hydrogens is 322 g/mol. The Labute approximate surface area is 146 Å². The van der Waals surface area contributed by atoms with Crippen molar-refractivity contribution in [2.24, 2.45) is 5.73 Å². The molecule has 0 aromatic heterocycles. The predicted molar refractivity (Wildman–Crippen MR) is 100 cm³/mol. The molecule has 4 N–H and O–H groups in total. The minimum Gasteiger partial charge on any atom is -0.352 e. The molecule has 0 fully saturated rings. The summed E-state index contributed by atoms with van der Waals surface area (Å²) in [5.41, 5.74) is 8.01. The molecule has 5 nitrogen and oxygen atoms in total. The number of carbonyl (C=O) groups is 2. The SMILES string of the molecule is CSCC[C@@H](NC(N)=O)C(=O)Nc1ccc(-c2ccccc2)cc1. The van der Waals surface area contributed by atoms with Gasteiger partial charge in [-0.25, -0.2) is 4.79 Å². The molecule has 0 aliphatic heterocycles. The Morgan fingerprint density at radius 1 is 1.04 bits per heavy atom. The molecule has 0 aliphatic rings. The van der Waals surface area contributed by atoms with E-state index in [1.807, 2.05) is 60.9 Å². The Hall–Kier alpha value is -2.47. The highest BCUT2D eigenvalue weighted by molar-refractivity contribution is 7.98. The summed E-state index contributed by atoms with van der Waals surface area (Å²) in [5, 5.41) is 5.30. The van der Waals surface area contributed by atoms with Crippen LogP contribution in [0.4, 0.5) is 10.5 Å². The van der Waals surface area contributed by atoms with Crippen LogP contribution in [0.15, 0.2) is 54.6 Å². The van der Waals surface area contributed by atoms with E-state index < -0.39 is 12.1 Å². The van der Waals surface area contributed by atoms with E-state index in [1.165, 1.54) is 0 Å². The lowest BCUT2D eigenvalue weighted by Crippen LogP contribution is -2.46. The fourth-order valence-electron chi connectivity index (χ4n) is 2.28. The van der Waals surface area contributed by atoms with Crippen LogP contribution >= 0.6 is 11.8 Å². The number of anilines is 1. The second kappa shape index (κ2) is 8.98. The number of benzene rings is 2. The van der Waals surface area contributed by atoms with E-state index in [4.69, 9.17) is 5.73 Å². The van der Waals surface area contributed by atoms with E-state index >= 15 is 0 Å². The second-order valence-corrected chi connectivity index (χ2v) is 6.26. The zero-order valence-corrected chi connectivity index (χ0v) is 14.3. The Kier molecular flexibility index (Phi) is 6.69. The quantitative estimate of drug-likeness (QED) is 0.722. The zero-order chi connectivity index (χ0) is 17.4. The Balaban J connectivity index is 2.03. The van der Waals surface area contributed by atoms with Gasteiger partial charge in [-0.2, -0.15) is 11.8 Å². The fourth-order valence-corrected chi connectivity index (χ4v) is 2.75. The van der Waals surface area contributed by atoms with Crippen LogP contribution in [0.5, 0.6) is 0 Å². The molecule has 2 rings (SSSR count). The van der Waals surface area contributed by atoms with Crippen LogP contribution in [0.25, 0.3) is 11.1 Å². The summed E-state index contributed by atoms with van der Waals surface area (Å²) in [6, 6.07) is 16.2. The lowest BCUT2D eigenvalue weighted by Gasteiger charge is -2.17. The number of hydrogen-bond donors (Lipinski definition) is 3. The molecule has 2 aromatic rings. The molecule has 1 atom stereocenters. The van der Waals surface area contributed by atoms with Gasteiger partial charge in [-0.1, -0.05) is 42.5 Å². The zero-order valence-electron chi connectivity index (χ0n) is 13.5. The average Bonchev–Trinajstić information content (AvgIpc) is 2.59. The normalized spacial score (nSPS) is 11.5. The van der Waals surface area contributed by atoms with Crippen molar-refractivity contribution in [2.45, 2.75) is 12.5 Å².